The summed E-state index contributed by atoms with van der Waals surface area (Å²) in [4.78, 5) is 26.2. The van der Waals surface area contributed by atoms with E-state index >= 15 is 0 Å². The van der Waals surface area contributed by atoms with E-state index in [0.717, 1.165) is 5.75 Å². The van der Waals surface area contributed by atoms with Crippen molar-refractivity contribution in [3.05, 3.63) is 0 Å². The number of amides is 2. The van der Waals surface area contributed by atoms with E-state index in [9.17, 15) is 9.59 Å². The quantitative estimate of drug-likeness (QED) is 0.661. The highest BCUT2D eigenvalue weighted by molar-refractivity contribution is 8.01. The molecule has 134 valence electrons. The molecule has 2 amide bonds. The van der Waals surface area contributed by atoms with Gasteiger partial charge >= 0.3 is 0 Å². The highest BCUT2D eigenvalue weighted by atomic mass is 32.2. The molecule has 0 bridgehead atoms. The summed E-state index contributed by atoms with van der Waals surface area (Å²) in [6.07, 6.45) is 0. The molecule has 1 aliphatic heterocycles. The second-order valence-corrected chi connectivity index (χ2v) is 9.70. The number of nitrogens with zero attached hydrogens (tertiary/aromatic N) is 1. The van der Waals surface area contributed by atoms with Crippen LogP contribution in [0.1, 0.15) is 27.7 Å². The molecule has 23 heavy (non-hydrogen) atoms. The monoisotopic (exact) mass is 363 g/mol. The number of likely N-dealkylation sites (N-methyl/N-ethyl adjacent to an activating group) is 2. The lowest BCUT2D eigenvalue weighted by Gasteiger charge is -2.31. The summed E-state index contributed by atoms with van der Waals surface area (Å²) in [6, 6.07) is -0.795. The largest absolute Gasteiger partial charge is 0.368 e. The summed E-state index contributed by atoms with van der Waals surface area (Å²) >= 11 is 3.24. The van der Waals surface area contributed by atoms with E-state index in [1.807, 2.05) is 20.9 Å². The molecule has 0 radical (unpaired) electrons. The molecule has 8 heteroatoms. The number of hydrogen-bond acceptors (Lipinski definition) is 6. The highest BCUT2D eigenvalue weighted by Crippen LogP contribution is 2.37. The lowest BCUT2D eigenvalue weighted by atomic mass is 10.2. The fraction of sp³-hybridized carbons (Fsp3) is 0.867. The minimum absolute atomic E-state index is 0.0721. The van der Waals surface area contributed by atoms with Gasteiger partial charge in [-0.3, -0.25) is 14.5 Å². The molecular formula is C15H29N3O3S2. The predicted octanol–water partition coefficient (Wildman–Crippen LogP) is 1.12. The van der Waals surface area contributed by atoms with Gasteiger partial charge in [-0.25, -0.2) is 0 Å². The number of carbonyl (C=O) groups excluding carboxylic acids is 2. The van der Waals surface area contributed by atoms with Crippen LogP contribution in [0.3, 0.4) is 0 Å². The third kappa shape index (κ3) is 5.55. The van der Waals surface area contributed by atoms with Crippen LogP contribution in [0.5, 0.6) is 0 Å². The van der Waals surface area contributed by atoms with Gasteiger partial charge in [0.15, 0.2) is 0 Å². The van der Waals surface area contributed by atoms with Gasteiger partial charge in [0.1, 0.15) is 11.0 Å². The number of carbonyl (C=O) groups is 2. The Labute approximate surface area is 147 Å². The minimum atomic E-state index is -0.575. The number of thioether (sulfide) groups is 2. The number of ether oxygens (including phenoxy) is 1. The molecule has 0 aromatic carbocycles. The topological polar surface area (TPSA) is 70.7 Å². The van der Waals surface area contributed by atoms with Crippen LogP contribution in [0.15, 0.2) is 0 Å². The van der Waals surface area contributed by atoms with E-state index in [4.69, 9.17) is 4.74 Å². The number of methoxy groups -OCH3 is 1. The van der Waals surface area contributed by atoms with Crippen molar-refractivity contribution in [2.75, 3.05) is 32.7 Å². The maximum Gasteiger partial charge on any atom is 0.243 e. The van der Waals surface area contributed by atoms with E-state index in [1.54, 1.807) is 25.9 Å². The van der Waals surface area contributed by atoms with E-state index in [1.165, 1.54) is 11.8 Å². The first kappa shape index (κ1) is 20.6. The molecule has 1 heterocycles. The van der Waals surface area contributed by atoms with E-state index < -0.39 is 11.0 Å². The van der Waals surface area contributed by atoms with Crippen molar-refractivity contribution in [2.45, 2.75) is 49.6 Å². The van der Waals surface area contributed by atoms with Crippen molar-refractivity contribution in [3.63, 3.8) is 0 Å². The van der Waals surface area contributed by atoms with Crippen LogP contribution in [0.25, 0.3) is 0 Å². The zero-order valence-electron chi connectivity index (χ0n) is 15.1. The Morgan fingerprint density at radius 3 is 2.52 bits per heavy atom. The molecule has 0 spiro atoms. The van der Waals surface area contributed by atoms with Gasteiger partial charge < -0.3 is 15.4 Å². The zero-order valence-corrected chi connectivity index (χ0v) is 16.7. The van der Waals surface area contributed by atoms with Gasteiger partial charge in [0.25, 0.3) is 0 Å². The summed E-state index contributed by atoms with van der Waals surface area (Å²) in [7, 11) is 5.16. The number of nitrogens with one attached hydrogen (secondary N) is 2. The molecule has 0 aliphatic carbocycles. The molecule has 0 saturated carbocycles. The smallest absolute Gasteiger partial charge is 0.243 e. The first-order valence-corrected chi connectivity index (χ1v) is 9.59. The lowest BCUT2D eigenvalue weighted by molar-refractivity contribution is -0.130. The van der Waals surface area contributed by atoms with Gasteiger partial charge in [-0.05, 0) is 34.7 Å². The van der Waals surface area contributed by atoms with Crippen molar-refractivity contribution in [1.82, 2.24) is 15.5 Å². The molecule has 0 aromatic heterocycles. The van der Waals surface area contributed by atoms with Crippen molar-refractivity contribution >= 4 is 35.3 Å². The lowest BCUT2D eigenvalue weighted by Crippen LogP contribution is -2.54. The molecule has 0 aromatic rings. The van der Waals surface area contributed by atoms with Gasteiger partial charge in [0.2, 0.25) is 11.8 Å². The Morgan fingerprint density at radius 1 is 1.48 bits per heavy atom. The fourth-order valence-corrected chi connectivity index (χ4v) is 4.28. The highest BCUT2D eigenvalue weighted by Gasteiger charge is 2.41. The van der Waals surface area contributed by atoms with Crippen LogP contribution in [-0.4, -0.2) is 71.3 Å². The Bertz CT molecular complexity index is 444. The summed E-state index contributed by atoms with van der Waals surface area (Å²) < 4.78 is 5.36. The van der Waals surface area contributed by atoms with Crippen molar-refractivity contribution in [2.24, 2.45) is 0 Å². The molecule has 2 atom stereocenters. The molecule has 1 aliphatic rings. The summed E-state index contributed by atoms with van der Waals surface area (Å²) in [6.45, 7) is 8.06. The molecule has 1 rings (SSSR count). The fourth-order valence-electron chi connectivity index (χ4n) is 2.09. The Morgan fingerprint density at radius 2 is 2.09 bits per heavy atom. The van der Waals surface area contributed by atoms with Crippen molar-refractivity contribution in [1.29, 1.82) is 0 Å². The maximum absolute atomic E-state index is 12.6. The van der Waals surface area contributed by atoms with Crippen LogP contribution in [0.4, 0.5) is 0 Å². The van der Waals surface area contributed by atoms with Crippen molar-refractivity contribution in [3.8, 4) is 0 Å². The average Bonchev–Trinajstić information content (AvgIpc) is 2.76. The number of rotatable bonds is 7. The Balaban J connectivity index is 2.70. The van der Waals surface area contributed by atoms with Crippen LogP contribution in [0.2, 0.25) is 0 Å². The SMILES string of the molecule is CNC(=O)C(CSC(C)(C)OC)NC(=O)C1CSC(C)(C)N1C. The normalized spacial score (nSPS) is 22.7. The average molecular weight is 364 g/mol. The molecule has 1 fully saturated rings. The molecule has 6 nitrogen and oxygen atoms in total. The first-order chi connectivity index (χ1) is 10.5. The minimum Gasteiger partial charge on any atom is -0.368 e. The third-order valence-electron chi connectivity index (χ3n) is 4.18. The molecule has 2 unspecified atom stereocenters. The van der Waals surface area contributed by atoms with E-state index in [0.29, 0.717) is 5.75 Å². The van der Waals surface area contributed by atoms with Gasteiger partial charge in [0, 0.05) is 25.7 Å². The summed E-state index contributed by atoms with van der Waals surface area (Å²) in [5, 5.41) is 5.51. The summed E-state index contributed by atoms with van der Waals surface area (Å²) in [5.41, 5.74) is 0. The second-order valence-electron chi connectivity index (χ2n) is 6.47. The Hall–Kier alpha value is -0.440. The molecule has 1 saturated heterocycles. The van der Waals surface area contributed by atoms with Gasteiger partial charge in [-0.2, -0.15) is 0 Å². The van der Waals surface area contributed by atoms with Crippen molar-refractivity contribution < 1.29 is 14.3 Å². The molecular weight excluding hydrogens is 334 g/mol. The maximum atomic E-state index is 12.6. The van der Waals surface area contributed by atoms with Gasteiger partial charge in [-0.15, -0.1) is 23.5 Å². The first-order valence-electron chi connectivity index (χ1n) is 7.62. The predicted molar refractivity (Wildman–Crippen MR) is 97.6 cm³/mol. The van der Waals surface area contributed by atoms with Crippen LogP contribution < -0.4 is 10.6 Å². The van der Waals surface area contributed by atoms with Gasteiger partial charge in [-0.1, -0.05) is 0 Å². The zero-order chi connectivity index (χ0) is 17.8. The standard InChI is InChI=1S/C15H29N3O3S2/c1-14(2)18(6)11(9-22-14)13(20)17-10(12(19)16-5)8-23-15(3,4)21-7/h10-11H,8-9H2,1-7H3,(H,16,19)(H,17,20). The number of hydrogen-bond donors (Lipinski definition) is 2. The molecule has 2 N–H and O–H groups in total. The second kappa shape index (κ2) is 8.09. The van der Waals surface area contributed by atoms with Gasteiger partial charge in [0.05, 0.1) is 10.9 Å². The van der Waals surface area contributed by atoms with E-state index in [2.05, 4.69) is 29.4 Å². The Kier molecular flexibility index (Phi) is 7.25. The van der Waals surface area contributed by atoms with Crippen LogP contribution >= 0.6 is 23.5 Å². The van der Waals surface area contributed by atoms with Crippen LogP contribution in [0, 0.1) is 0 Å². The summed E-state index contributed by atoms with van der Waals surface area (Å²) in [5.74, 6) is 0.895. The van der Waals surface area contributed by atoms with E-state index in [-0.39, 0.29) is 22.7 Å². The van der Waals surface area contributed by atoms with Crippen LogP contribution in [-0.2, 0) is 14.3 Å². The third-order valence-corrected chi connectivity index (χ3v) is 7.02.